The highest BCUT2D eigenvalue weighted by molar-refractivity contribution is 9.10. The van der Waals surface area contributed by atoms with Gasteiger partial charge in [-0.3, -0.25) is 9.59 Å². The maximum absolute atomic E-state index is 12.5. The van der Waals surface area contributed by atoms with Crippen LogP contribution in [-0.2, 0) is 4.79 Å². The third-order valence-corrected chi connectivity index (χ3v) is 4.37. The third-order valence-electron chi connectivity index (χ3n) is 3.68. The Morgan fingerprint density at radius 2 is 2.10 bits per heavy atom. The molecule has 0 aromatic heterocycles. The SMILES string of the molecule is O=C(O)CC[C@@H]1CCCN(C(=O)c2ccccc2Br)C1. The van der Waals surface area contributed by atoms with E-state index in [0.29, 0.717) is 24.4 Å². The van der Waals surface area contributed by atoms with Crippen molar-refractivity contribution in [1.29, 1.82) is 0 Å². The molecule has 0 radical (unpaired) electrons. The maximum atomic E-state index is 12.5. The molecule has 1 saturated heterocycles. The molecule has 0 spiro atoms. The number of carbonyl (C=O) groups excluding carboxylic acids is 1. The van der Waals surface area contributed by atoms with E-state index in [1.807, 2.05) is 29.2 Å². The van der Waals surface area contributed by atoms with Crippen molar-refractivity contribution in [3.8, 4) is 0 Å². The number of amides is 1. The number of carboxylic acid groups (broad SMARTS) is 1. The zero-order chi connectivity index (χ0) is 14.5. The summed E-state index contributed by atoms with van der Waals surface area (Å²) in [6.45, 7) is 1.41. The number of halogens is 1. The Balaban J connectivity index is 2.00. The lowest BCUT2D eigenvalue weighted by Crippen LogP contribution is -2.40. The lowest BCUT2D eigenvalue weighted by molar-refractivity contribution is -0.137. The molecule has 1 aromatic rings. The highest BCUT2D eigenvalue weighted by Gasteiger charge is 2.25. The molecule has 0 aliphatic carbocycles. The minimum atomic E-state index is -0.765. The van der Waals surface area contributed by atoms with Gasteiger partial charge in [-0.1, -0.05) is 12.1 Å². The molecule has 20 heavy (non-hydrogen) atoms. The van der Waals surface area contributed by atoms with Crippen LogP contribution in [0.15, 0.2) is 28.7 Å². The molecule has 1 heterocycles. The number of piperidine rings is 1. The van der Waals surface area contributed by atoms with Gasteiger partial charge in [0.1, 0.15) is 0 Å². The van der Waals surface area contributed by atoms with Crippen molar-refractivity contribution in [3.63, 3.8) is 0 Å². The second-order valence-corrected chi connectivity index (χ2v) is 6.03. The summed E-state index contributed by atoms with van der Waals surface area (Å²) in [5.41, 5.74) is 0.673. The highest BCUT2D eigenvalue weighted by Crippen LogP contribution is 2.24. The topological polar surface area (TPSA) is 57.6 Å². The zero-order valence-corrected chi connectivity index (χ0v) is 12.8. The van der Waals surface area contributed by atoms with Gasteiger partial charge in [0, 0.05) is 24.0 Å². The van der Waals surface area contributed by atoms with Crippen LogP contribution < -0.4 is 0 Å². The maximum Gasteiger partial charge on any atom is 0.303 e. The number of carboxylic acids is 1. The molecule has 0 saturated carbocycles. The van der Waals surface area contributed by atoms with Crippen LogP contribution in [0.1, 0.15) is 36.0 Å². The molecule has 1 N–H and O–H groups in total. The van der Waals surface area contributed by atoms with E-state index in [4.69, 9.17) is 5.11 Å². The number of likely N-dealkylation sites (tertiary alicyclic amines) is 1. The largest absolute Gasteiger partial charge is 0.481 e. The summed E-state index contributed by atoms with van der Waals surface area (Å²) in [6, 6.07) is 7.41. The van der Waals surface area contributed by atoms with Gasteiger partial charge in [0.25, 0.3) is 5.91 Å². The summed E-state index contributed by atoms with van der Waals surface area (Å²) >= 11 is 3.40. The fourth-order valence-electron chi connectivity index (χ4n) is 2.62. The first-order valence-corrected chi connectivity index (χ1v) is 7.63. The van der Waals surface area contributed by atoms with Crippen molar-refractivity contribution in [2.45, 2.75) is 25.7 Å². The average Bonchev–Trinajstić information content (AvgIpc) is 2.45. The number of hydrogen-bond acceptors (Lipinski definition) is 2. The van der Waals surface area contributed by atoms with Crippen molar-refractivity contribution in [1.82, 2.24) is 4.90 Å². The van der Waals surface area contributed by atoms with Crippen molar-refractivity contribution in [2.75, 3.05) is 13.1 Å². The molecule has 1 aromatic carbocycles. The van der Waals surface area contributed by atoms with Crippen molar-refractivity contribution in [3.05, 3.63) is 34.3 Å². The van der Waals surface area contributed by atoms with Gasteiger partial charge in [-0.25, -0.2) is 0 Å². The number of rotatable bonds is 4. The predicted octanol–water partition coefficient (Wildman–Crippen LogP) is 3.17. The lowest BCUT2D eigenvalue weighted by atomic mass is 9.93. The Morgan fingerprint density at radius 3 is 2.80 bits per heavy atom. The van der Waals surface area contributed by atoms with Gasteiger partial charge in [-0.05, 0) is 53.2 Å². The monoisotopic (exact) mass is 339 g/mol. The van der Waals surface area contributed by atoms with Crippen LogP contribution >= 0.6 is 15.9 Å². The minimum Gasteiger partial charge on any atom is -0.481 e. The number of aliphatic carboxylic acids is 1. The van der Waals surface area contributed by atoms with E-state index in [1.165, 1.54) is 0 Å². The van der Waals surface area contributed by atoms with Crippen LogP contribution in [0.4, 0.5) is 0 Å². The van der Waals surface area contributed by atoms with Crippen LogP contribution in [0.2, 0.25) is 0 Å². The number of hydrogen-bond donors (Lipinski definition) is 1. The summed E-state index contributed by atoms with van der Waals surface area (Å²) in [5, 5.41) is 8.75. The quantitative estimate of drug-likeness (QED) is 0.916. The summed E-state index contributed by atoms with van der Waals surface area (Å²) in [7, 11) is 0. The third kappa shape index (κ3) is 3.82. The summed E-state index contributed by atoms with van der Waals surface area (Å²) in [6.07, 6.45) is 2.78. The first kappa shape index (κ1) is 15.0. The van der Waals surface area contributed by atoms with E-state index in [0.717, 1.165) is 23.9 Å². The molecule has 108 valence electrons. The Bertz CT molecular complexity index is 504. The van der Waals surface area contributed by atoms with E-state index in [1.54, 1.807) is 0 Å². The molecule has 1 fully saturated rings. The molecule has 0 bridgehead atoms. The molecule has 4 nitrogen and oxygen atoms in total. The average molecular weight is 340 g/mol. The van der Waals surface area contributed by atoms with Gasteiger partial charge in [-0.2, -0.15) is 0 Å². The van der Waals surface area contributed by atoms with E-state index in [9.17, 15) is 9.59 Å². The molecule has 1 atom stereocenters. The second kappa shape index (κ2) is 6.88. The van der Waals surface area contributed by atoms with Crippen LogP contribution in [0.5, 0.6) is 0 Å². The van der Waals surface area contributed by atoms with Crippen molar-refractivity contribution < 1.29 is 14.7 Å². The highest BCUT2D eigenvalue weighted by atomic mass is 79.9. The van der Waals surface area contributed by atoms with Crippen molar-refractivity contribution in [2.24, 2.45) is 5.92 Å². The Labute approximate surface area is 126 Å². The van der Waals surface area contributed by atoms with Gasteiger partial charge in [-0.15, -0.1) is 0 Å². The van der Waals surface area contributed by atoms with Gasteiger partial charge in [0.2, 0.25) is 0 Å². The predicted molar refractivity (Wildman–Crippen MR) is 79.6 cm³/mol. The normalized spacial score (nSPS) is 18.9. The van der Waals surface area contributed by atoms with Gasteiger partial charge >= 0.3 is 5.97 Å². The Hall–Kier alpha value is -1.36. The molecule has 2 rings (SSSR count). The fraction of sp³-hybridized carbons (Fsp3) is 0.467. The van der Waals surface area contributed by atoms with Gasteiger partial charge in [0.15, 0.2) is 0 Å². The number of carbonyl (C=O) groups is 2. The molecule has 1 aliphatic rings. The fourth-order valence-corrected chi connectivity index (χ4v) is 3.07. The first-order valence-electron chi connectivity index (χ1n) is 6.83. The van der Waals surface area contributed by atoms with Crippen LogP contribution in [0, 0.1) is 5.92 Å². The molecular weight excluding hydrogens is 322 g/mol. The zero-order valence-electron chi connectivity index (χ0n) is 11.2. The molecule has 1 amide bonds. The summed E-state index contributed by atoms with van der Waals surface area (Å²) < 4.78 is 0.803. The smallest absolute Gasteiger partial charge is 0.303 e. The van der Waals surface area contributed by atoms with Crippen molar-refractivity contribution >= 4 is 27.8 Å². The van der Waals surface area contributed by atoms with Crippen LogP contribution in [0.3, 0.4) is 0 Å². The molecule has 1 aliphatic heterocycles. The van der Waals surface area contributed by atoms with Gasteiger partial charge < -0.3 is 10.0 Å². The molecule has 5 heteroatoms. The Morgan fingerprint density at radius 1 is 1.35 bits per heavy atom. The minimum absolute atomic E-state index is 0.0255. The summed E-state index contributed by atoms with van der Waals surface area (Å²) in [5.74, 6) is -0.442. The molecular formula is C15H18BrNO3. The van der Waals surface area contributed by atoms with Crippen LogP contribution in [0.25, 0.3) is 0 Å². The van der Waals surface area contributed by atoms with Crippen LogP contribution in [-0.4, -0.2) is 35.0 Å². The standard InChI is InChI=1S/C15H18BrNO3/c16-13-6-2-1-5-12(13)15(20)17-9-3-4-11(10-17)7-8-14(18)19/h1-2,5-6,11H,3-4,7-10H2,(H,18,19)/t11-/m0/s1. The van der Waals surface area contributed by atoms with E-state index < -0.39 is 5.97 Å². The molecule has 0 unspecified atom stereocenters. The summed E-state index contributed by atoms with van der Waals surface area (Å²) in [4.78, 5) is 25.0. The lowest BCUT2D eigenvalue weighted by Gasteiger charge is -2.33. The number of benzene rings is 1. The first-order chi connectivity index (χ1) is 9.58. The Kier molecular flexibility index (Phi) is 5.17. The van der Waals surface area contributed by atoms with Gasteiger partial charge in [0.05, 0.1) is 5.56 Å². The number of nitrogens with zero attached hydrogens (tertiary/aromatic N) is 1. The van der Waals surface area contributed by atoms with E-state index in [-0.39, 0.29) is 12.3 Å². The van der Waals surface area contributed by atoms with E-state index >= 15 is 0 Å². The second-order valence-electron chi connectivity index (χ2n) is 5.17. The van der Waals surface area contributed by atoms with E-state index in [2.05, 4.69) is 15.9 Å².